The molecule has 5 rings (SSSR count). The molecule has 0 radical (unpaired) electrons. The number of esters is 2. The van der Waals surface area contributed by atoms with Gasteiger partial charge in [-0.15, -0.1) is 0 Å². The van der Waals surface area contributed by atoms with E-state index in [4.69, 9.17) is 28.4 Å². The fourth-order valence-corrected chi connectivity index (χ4v) is 9.51. The lowest BCUT2D eigenvalue weighted by Gasteiger charge is -2.25. The lowest BCUT2D eigenvalue weighted by atomic mass is 9.88. The third kappa shape index (κ3) is 17.9. The highest BCUT2D eigenvalue weighted by Gasteiger charge is 2.25. The van der Waals surface area contributed by atoms with Crippen LogP contribution in [-0.2, 0) is 71.2 Å². The first-order valence-corrected chi connectivity index (χ1v) is 27.1. The van der Waals surface area contributed by atoms with Crippen molar-refractivity contribution in [3.05, 3.63) is 141 Å². The van der Waals surface area contributed by atoms with E-state index in [-0.39, 0.29) is 26.4 Å². The number of ether oxygens (including phenoxy) is 6. The number of aliphatic hydroxyl groups is 2. The minimum Gasteiger partial charge on any atom is -0.493 e. The standard InChI is InChI=1S/C62H84O10/c1-7-13-17-21-25-67-59-49-29-45(41-63)30-50(59)38-54-34-48(44-72-58(66)12-6)36-56(62(54)70-28-24-20-16-10-4)40-52-32-46(42-64)31-51(60(52)68-26-22-18-14-8-2)39-55-35-47(43-71-57(65)11-5)33-53(37-49)61(55)69-27-23-19-15-9-3/h11-12,29-36,63-64H,5-10,13-28,37-44H2,1-4H3. The van der Waals surface area contributed by atoms with Gasteiger partial charge in [-0.05, 0) is 141 Å². The van der Waals surface area contributed by atoms with Gasteiger partial charge in [0.1, 0.15) is 36.2 Å². The largest absolute Gasteiger partial charge is 0.493 e. The van der Waals surface area contributed by atoms with Crippen LogP contribution in [0.2, 0.25) is 0 Å². The Balaban J connectivity index is 1.87. The van der Waals surface area contributed by atoms with E-state index in [0.717, 1.165) is 192 Å². The van der Waals surface area contributed by atoms with Crippen LogP contribution in [0.4, 0.5) is 0 Å². The van der Waals surface area contributed by atoms with Crippen molar-refractivity contribution < 1.29 is 48.2 Å². The quantitative estimate of drug-likeness (QED) is 0.0244. The molecule has 0 aliphatic heterocycles. The van der Waals surface area contributed by atoms with Crippen molar-refractivity contribution in [1.29, 1.82) is 0 Å². The van der Waals surface area contributed by atoms with Crippen LogP contribution >= 0.6 is 0 Å². The van der Waals surface area contributed by atoms with Gasteiger partial charge in [0.25, 0.3) is 0 Å². The summed E-state index contributed by atoms with van der Waals surface area (Å²) in [6, 6.07) is 16.4. The van der Waals surface area contributed by atoms with Crippen LogP contribution in [0.15, 0.2) is 73.8 Å². The summed E-state index contributed by atoms with van der Waals surface area (Å²) in [6.07, 6.45) is 20.4. The molecule has 72 heavy (non-hydrogen) atoms. The highest BCUT2D eigenvalue weighted by molar-refractivity contribution is 5.81. The predicted molar refractivity (Wildman–Crippen MR) is 287 cm³/mol. The zero-order valence-electron chi connectivity index (χ0n) is 44.1. The van der Waals surface area contributed by atoms with E-state index < -0.39 is 11.9 Å². The van der Waals surface area contributed by atoms with E-state index in [1.165, 1.54) is 12.2 Å². The number of fused-ring (bicyclic) bond motifs is 8. The molecule has 0 saturated heterocycles. The van der Waals surface area contributed by atoms with Crippen LogP contribution < -0.4 is 18.9 Å². The molecule has 1 aliphatic carbocycles. The van der Waals surface area contributed by atoms with Gasteiger partial charge in [-0.25, -0.2) is 9.59 Å². The van der Waals surface area contributed by atoms with Gasteiger partial charge in [0.2, 0.25) is 0 Å². The summed E-state index contributed by atoms with van der Waals surface area (Å²) in [6.45, 7) is 17.8. The molecule has 0 aromatic heterocycles. The lowest BCUT2D eigenvalue weighted by Crippen LogP contribution is -2.12. The average Bonchev–Trinajstić information content (AvgIpc) is 3.38. The van der Waals surface area contributed by atoms with Gasteiger partial charge in [-0.1, -0.05) is 118 Å². The second kappa shape index (κ2) is 31.8. The highest BCUT2D eigenvalue weighted by Crippen LogP contribution is 2.41. The Bertz CT molecular complexity index is 2090. The summed E-state index contributed by atoms with van der Waals surface area (Å²) in [5.74, 6) is 1.94. The zero-order valence-corrected chi connectivity index (χ0v) is 44.1. The number of benzene rings is 4. The normalized spacial score (nSPS) is 12.0. The number of unbranched alkanes of at least 4 members (excludes halogenated alkanes) is 12. The molecule has 10 nitrogen and oxygen atoms in total. The van der Waals surface area contributed by atoms with Crippen molar-refractivity contribution in [2.24, 2.45) is 0 Å². The third-order valence-electron chi connectivity index (χ3n) is 13.2. The van der Waals surface area contributed by atoms with Crippen LogP contribution in [0.3, 0.4) is 0 Å². The first kappa shape index (κ1) is 57.3. The number of hydrogen-bond donors (Lipinski definition) is 2. The van der Waals surface area contributed by atoms with Gasteiger partial charge in [0.05, 0.1) is 39.6 Å². The molecule has 392 valence electrons. The van der Waals surface area contributed by atoms with Crippen LogP contribution in [0, 0.1) is 0 Å². The van der Waals surface area contributed by atoms with Crippen molar-refractivity contribution in [2.75, 3.05) is 26.4 Å². The molecular formula is C62H84O10. The van der Waals surface area contributed by atoms with E-state index in [0.29, 0.717) is 52.1 Å². The Labute approximate surface area is 431 Å². The number of carbonyl (C=O) groups is 2. The second-order valence-electron chi connectivity index (χ2n) is 19.3. The van der Waals surface area contributed by atoms with E-state index >= 15 is 0 Å². The molecule has 0 unspecified atom stereocenters. The average molecular weight is 989 g/mol. The van der Waals surface area contributed by atoms with Gasteiger partial charge in [-0.2, -0.15) is 0 Å². The molecule has 0 atom stereocenters. The molecule has 0 amide bonds. The summed E-state index contributed by atoms with van der Waals surface area (Å²) >= 11 is 0. The van der Waals surface area contributed by atoms with Crippen molar-refractivity contribution in [2.45, 2.75) is 183 Å². The molecule has 0 fully saturated rings. The number of aliphatic hydroxyl groups excluding tert-OH is 2. The molecule has 1 aliphatic rings. The number of carbonyl (C=O) groups excluding carboxylic acids is 2. The first-order valence-electron chi connectivity index (χ1n) is 27.1. The molecule has 4 aromatic carbocycles. The summed E-state index contributed by atoms with van der Waals surface area (Å²) < 4.78 is 39.2. The zero-order chi connectivity index (χ0) is 51.5. The monoisotopic (exact) mass is 989 g/mol. The minimum absolute atomic E-state index is 0.0212. The molecule has 0 heterocycles. The maximum atomic E-state index is 12.6. The maximum Gasteiger partial charge on any atom is 0.330 e. The fraction of sp³-hybridized carbons (Fsp3) is 0.516. The molecule has 2 N–H and O–H groups in total. The molecule has 4 aromatic rings. The number of hydrogen-bond acceptors (Lipinski definition) is 10. The summed E-state index contributed by atoms with van der Waals surface area (Å²) in [5.41, 5.74) is 10.2. The van der Waals surface area contributed by atoms with Crippen LogP contribution in [0.5, 0.6) is 23.0 Å². The van der Waals surface area contributed by atoms with E-state index in [2.05, 4.69) is 65.1 Å². The highest BCUT2D eigenvalue weighted by atomic mass is 16.5. The third-order valence-corrected chi connectivity index (χ3v) is 13.2. The first-order chi connectivity index (χ1) is 35.2. The Hall–Kier alpha value is -5.58. The van der Waals surface area contributed by atoms with E-state index in [1.807, 2.05) is 24.3 Å². The molecule has 0 saturated carbocycles. The van der Waals surface area contributed by atoms with Crippen molar-refractivity contribution in [1.82, 2.24) is 0 Å². The topological polar surface area (TPSA) is 130 Å². The lowest BCUT2D eigenvalue weighted by molar-refractivity contribution is -0.139. The SMILES string of the molecule is C=CC(=O)OCc1cc2c(OCCCCCC)c(c1)Cc1cc(CO)cc(c1OCCCCCC)Cc1cc(COC(=O)C=C)cc(c1OCCCCCC)Cc1cc(CO)cc(c1OCCCCCC)C2. The summed E-state index contributed by atoms with van der Waals surface area (Å²) in [5, 5.41) is 21.9. The number of rotatable bonds is 32. The maximum absolute atomic E-state index is 12.6. The Morgan fingerprint density at radius 1 is 0.403 bits per heavy atom. The Morgan fingerprint density at radius 3 is 0.847 bits per heavy atom. The van der Waals surface area contributed by atoms with Gasteiger partial charge in [0.15, 0.2) is 0 Å². The van der Waals surface area contributed by atoms with Crippen molar-refractivity contribution >= 4 is 11.9 Å². The van der Waals surface area contributed by atoms with Crippen LogP contribution in [0.1, 0.15) is 197 Å². The van der Waals surface area contributed by atoms with Gasteiger partial charge in [-0.3, -0.25) is 0 Å². The van der Waals surface area contributed by atoms with Gasteiger partial charge < -0.3 is 38.6 Å². The van der Waals surface area contributed by atoms with E-state index in [9.17, 15) is 19.8 Å². The van der Waals surface area contributed by atoms with E-state index in [1.54, 1.807) is 0 Å². The fourth-order valence-electron chi connectivity index (χ4n) is 9.51. The smallest absolute Gasteiger partial charge is 0.330 e. The predicted octanol–water partition coefficient (Wildman–Crippen LogP) is 13.6. The van der Waals surface area contributed by atoms with Crippen LogP contribution in [-0.4, -0.2) is 48.6 Å². The van der Waals surface area contributed by atoms with Gasteiger partial charge in [0, 0.05) is 37.8 Å². The molecular weight excluding hydrogens is 905 g/mol. The minimum atomic E-state index is -0.517. The molecule has 0 spiro atoms. The summed E-state index contributed by atoms with van der Waals surface area (Å²) in [7, 11) is 0. The molecule has 8 bridgehead atoms. The van der Waals surface area contributed by atoms with Crippen LogP contribution in [0.25, 0.3) is 0 Å². The summed E-state index contributed by atoms with van der Waals surface area (Å²) in [4.78, 5) is 25.2. The van der Waals surface area contributed by atoms with Gasteiger partial charge >= 0.3 is 11.9 Å². The second-order valence-corrected chi connectivity index (χ2v) is 19.3. The molecule has 10 heteroatoms. The van der Waals surface area contributed by atoms with Crippen molar-refractivity contribution in [3.63, 3.8) is 0 Å². The Kier molecular flexibility index (Phi) is 25.3. The Morgan fingerprint density at radius 2 is 0.639 bits per heavy atom. The van der Waals surface area contributed by atoms with Crippen molar-refractivity contribution in [3.8, 4) is 23.0 Å².